The molecule has 202 valence electrons. The molecule has 0 aliphatic heterocycles. The number of fused-ring (bicyclic) bond motifs is 1. The monoisotopic (exact) mass is 545 g/mol. The van der Waals surface area contributed by atoms with Crippen LogP contribution in [0.2, 0.25) is 0 Å². The van der Waals surface area contributed by atoms with Crippen LogP contribution in [0.4, 0.5) is 26.3 Å². The van der Waals surface area contributed by atoms with E-state index in [-0.39, 0.29) is 40.0 Å². The van der Waals surface area contributed by atoms with Gasteiger partial charge in [0, 0.05) is 46.5 Å². The van der Waals surface area contributed by atoms with E-state index in [0.717, 1.165) is 6.07 Å². The van der Waals surface area contributed by atoms with E-state index in [1.54, 1.807) is 11.5 Å². The van der Waals surface area contributed by atoms with Crippen LogP contribution >= 0.6 is 0 Å². The summed E-state index contributed by atoms with van der Waals surface area (Å²) in [5.41, 5.74) is -1.08. The third-order valence-electron chi connectivity index (χ3n) is 6.53. The molecule has 0 amide bonds. The molecule has 1 aliphatic rings. The topological polar surface area (TPSA) is 48.3 Å². The van der Waals surface area contributed by atoms with Gasteiger partial charge in [0.05, 0.1) is 5.56 Å². The normalized spacial score (nSPS) is 20.4. The summed E-state index contributed by atoms with van der Waals surface area (Å²) in [5.74, 6) is -0.212. The summed E-state index contributed by atoms with van der Waals surface area (Å²) >= 11 is -3.14. The maximum atomic E-state index is 14.5. The van der Waals surface area contributed by atoms with Crippen molar-refractivity contribution in [1.29, 1.82) is 0 Å². The number of rotatable bonds is 6. The predicted octanol–water partition coefficient (Wildman–Crippen LogP) is 7.48. The van der Waals surface area contributed by atoms with Gasteiger partial charge in [-0.05, 0) is 41.0 Å². The molecule has 0 bridgehead atoms. The minimum absolute atomic E-state index is 0.0941. The number of benzene rings is 2. The average molecular weight is 546 g/mol. The van der Waals surface area contributed by atoms with Crippen LogP contribution in [0, 0.1) is 11.3 Å². The molecular weight excluding hydrogens is 518 g/mol. The summed E-state index contributed by atoms with van der Waals surface area (Å²) in [5, 5.41) is 0.142. The molecule has 3 aromatic rings. The Morgan fingerprint density at radius 2 is 1.70 bits per heavy atom. The molecule has 2 aromatic carbocycles. The fourth-order valence-corrected chi connectivity index (χ4v) is 5.75. The third kappa shape index (κ3) is 5.73. The minimum Gasteiger partial charge on any atom is -0.760 e. The number of halogens is 6. The van der Waals surface area contributed by atoms with Gasteiger partial charge in [0.1, 0.15) is 6.04 Å². The molecule has 11 heteroatoms. The van der Waals surface area contributed by atoms with Crippen molar-refractivity contribution in [2.24, 2.45) is 11.3 Å². The van der Waals surface area contributed by atoms with Crippen LogP contribution in [0.25, 0.3) is 22.0 Å². The molecule has 0 radical (unpaired) electrons. The Bertz CT molecular complexity index is 1330. The maximum absolute atomic E-state index is 14.5. The highest BCUT2D eigenvalue weighted by atomic mass is 32.2. The van der Waals surface area contributed by atoms with Gasteiger partial charge in [0.2, 0.25) is 0 Å². The lowest BCUT2D eigenvalue weighted by atomic mass is 9.96. The van der Waals surface area contributed by atoms with E-state index in [1.807, 2.05) is 20.8 Å². The van der Waals surface area contributed by atoms with Gasteiger partial charge in [0.15, 0.2) is 0 Å². The van der Waals surface area contributed by atoms with Crippen LogP contribution in [-0.2, 0) is 24.0 Å². The van der Waals surface area contributed by atoms with Gasteiger partial charge in [-0.15, -0.1) is 0 Å². The van der Waals surface area contributed by atoms with E-state index < -0.39 is 41.3 Å². The molecule has 4 rings (SSSR count). The number of nitrogens with zero attached hydrogens (tertiary/aromatic N) is 2. The second kappa shape index (κ2) is 9.43. The largest absolute Gasteiger partial charge is 0.760 e. The van der Waals surface area contributed by atoms with Gasteiger partial charge in [-0.1, -0.05) is 58.0 Å². The van der Waals surface area contributed by atoms with Crippen molar-refractivity contribution >= 4 is 22.2 Å². The first-order valence-electron chi connectivity index (χ1n) is 11.7. The quantitative estimate of drug-likeness (QED) is 0.238. The van der Waals surface area contributed by atoms with E-state index in [0.29, 0.717) is 16.2 Å². The second-order valence-electron chi connectivity index (χ2n) is 10.8. The van der Waals surface area contributed by atoms with Crippen molar-refractivity contribution in [1.82, 2.24) is 8.87 Å². The first-order valence-corrected chi connectivity index (χ1v) is 12.8. The molecule has 1 aromatic heterocycles. The summed E-state index contributed by atoms with van der Waals surface area (Å²) in [6.07, 6.45) is -7.92. The van der Waals surface area contributed by atoms with Gasteiger partial charge in [0.25, 0.3) is 0 Å². The van der Waals surface area contributed by atoms with Crippen LogP contribution in [-0.4, -0.2) is 29.9 Å². The van der Waals surface area contributed by atoms with Crippen molar-refractivity contribution in [2.45, 2.75) is 65.1 Å². The minimum atomic E-state index is -4.91. The van der Waals surface area contributed by atoms with Crippen LogP contribution in [0.15, 0.2) is 48.7 Å². The average Bonchev–Trinajstić information content (AvgIpc) is 3.38. The zero-order valence-electron chi connectivity index (χ0n) is 20.7. The Balaban J connectivity index is 1.96. The zero-order chi connectivity index (χ0) is 27.5. The van der Waals surface area contributed by atoms with Crippen molar-refractivity contribution < 1.29 is 35.1 Å². The van der Waals surface area contributed by atoms with Gasteiger partial charge in [-0.25, -0.2) is 4.31 Å². The highest BCUT2D eigenvalue weighted by Gasteiger charge is 2.53. The van der Waals surface area contributed by atoms with Crippen molar-refractivity contribution in [3.05, 3.63) is 59.8 Å². The first-order chi connectivity index (χ1) is 17.0. The highest BCUT2D eigenvalue weighted by molar-refractivity contribution is 7.76. The Hall–Kier alpha value is -2.37. The number of alkyl halides is 6. The molecule has 37 heavy (non-hydrogen) atoms. The SMILES string of the molecule is C[C@H]1C[C@@H]1N([C@@H](c1cn(CC(C)(C)C)c2cc(-c3ccccc3C(F)(F)F)ccc12)C(F)(F)F)S(=O)[O-]. The molecule has 1 fully saturated rings. The van der Waals surface area contributed by atoms with Crippen LogP contribution in [0.1, 0.15) is 51.3 Å². The number of hydrogen-bond donors (Lipinski definition) is 0. The smallest absolute Gasteiger partial charge is 0.417 e. The summed E-state index contributed by atoms with van der Waals surface area (Å²) in [6, 6.07) is 5.97. The summed E-state index contributed by atoms with van der Waals surface area (Å²) in [7, 11) is 0. The summed E-state index contributed by atoms with van der Waals surface area (Å²) < 4.78 is 111. The molecule has 1 unspecified atom stereocenters. The fourth-order valence-electron chi connectivity index (χ4n) is 4.83. The lowest BCUT2D eigenvalue weighted by Crippen LogP contribution is -2.41. The van der Waals surface area contributed by atoms with Crippen LogP contribution < -0.4 is 0 Å². The lowest BCUT2D eigenvalue weighted by molar-refractivity contribution is -0.175. The lowest BCUT2D eigenvalue weighted by Gasteiger charge is -2.34. The van der Waals surface area contributed by atoms with Crippen molar-refractivity contribution in [3.8, 4) is 11.1 Å². The molecular formula is C26H27F6N2O2S-. The number of aromatic nitrogens is 1. The second-order valence-corrected chi connectivity index (χ2v) is 11.7. The Kier molecular flexibility index (Phi) is 7.05. The molecule has 0 N–H and O–H groups in total. The molecule has 0 saturated heterocycles. The van der Waals surface area contributed by atoms with E-state index in [2.05, 4.69) is 0 Å². The number of hydrogen-bond acceptors (Lipinski definition) is 2. The Morgan fingerprint density at radius 1 is 1.08 bits per heavy atom. The van der Waals surface area contributed by atoms with E-state index in [9.17, 15) is 35.1 Å². The predicted molar refractivity (Wildman–Crippen MR) is 129 cm³/mol. The van der Waals surface area contributed by atoms with Gasteiger partial charge < -0.3 is 9.12 Å². The van der Waals surface area contributed by atoms with Crippen LogP contribution in [0.5, 0.6) is 0 Å². The van der Waals surface area contributed by atoms with Crippen molar-refractivity contribution in [3.63, 3.8) is 0 Å². The Labute approximate surface area is 213 Å². The fraction of sp³-hybridized carbons (Fsp3) is 0.462. The summed E-state index contributed by atoms with van der Waals surface area (Å²) in [4.78, 5) is 0. The highest BCUT2D eigenvalue weighted by Crippen LogP contribution is 2.49. The third-order valence-corrected chi connectivity index (χ3v) is 7.35. The molecule has 4 nitrogen and oxygen atoms in total. The Morgan fingerprint density at radius 3 is 2.22 bits per heavy atom. The molecule has 1 heterocycles. The van der Waals surface area contributed by atoms with Gasteiger partial charge in [-0.3, -0.25) is 4.21 Å². The first kappa shape index (κ1) is 27.7. The van der Waals surface area contributed by atoms with Gasteiger partial charge in [-0.2, -0.15) is 26.3 Å². The zero-order valence-corrected chi connectivity index (χ0v) is 21.5. The standard InChI is InChI=1S/C26H28F6N2O2S/c1-15-11-21(15)34(37(35)36)23(26(30,31)32)19-13-33(14-24(2,3)4)22-12-16(9-10-18(19)22)17-7-5-6-8-20(17)25(27,28)29/h5-10,12-13,15,21,23H,11,14H2,1-4H3,(H,35,36)/p-1/t15-,21-,23-/m0/s1. The van der Waals surface area contributed by atoms with E-state index >= 15 is 0 Å². The van der Waals surface area contributed by atoms with Crippen LogP contribution in [0.3, 0.4) is 0 Å². The van der Waals surface area contributed by atoms with Crippen molar-refractivity contribution in [2.75, 3.05) is 0 Å². The molecule has 4 atom stereocenters. The van der Waals surface area contributed by atoms with E-state index in [1.165, 1.54) is 42.6 Å². The van der Waals surface area contributed by atoms with E-state index in [4.69, 9.17) is 0 Å². The molecule has 1 aliphatic carbocycles. The van der Waals surface area contributed by atoms with Gasteiger partial charge >= 0.3 is 12.4 Å². The summed E-state index contributed by atoms with van der Waals surface area (Å²) in [6.45, 7) is 7.60. The molecule has 1 saturated carbocycles. The molecule has 0 spiro atoms. The maximum Gasteiger partial charge on any atom is 0.417 e.